The Hall–Kier alpha value is -1.54. The highest BCUT2D eigenvalue weighted by molar-refractivity contribution is 5.34. The van der Waals surface area contributed by atoms with Gasteiger partial charge in [0.15, 0.2) is 0 Å². The van der Waals surface area contributed by atoms with Gasteiger partial charge < -0.3 is 9.73 Å². The smallest absolute Gasteiger partial charge is 0.101 e. The summed E-state index contributed by atoms with van der Waals surface area (Å²) in [5.41, 5.74) is 4.05. The second-order valence-electron chi connectivity index (χ2n) is 6.17. The molecule has 1 aromatic carbocycles. The molecule has 2 nitrogen and oxygen atoms in total. The minimum absolute atomic E-state index is 0.234. The molecule has 0 spiro atoms. The van der Waals surface area contributed by atoms with Crippen LogP contribution in [0, 0.1) is 6.92 Å². The molecule has 0 amide bonds. The van der Waals surface area contributed by atoms with E-state index in [4.69, 9.17) is 4.42 Å². The molecule has 1 heterocycles. The number of hydrogen-bond donors (Lipinski definition) is 1. The topological polar surface area (TPSA) is 25.2 Å². The molecule has 1 aliphatic carbocycles. The maximum Gasteiger partial charge on any atom is 0.101 e. The van der Waals surface area contributed by atoms with Gasteiger partial charge in [0, 0.05) is 5.56 Å². The van der Waals surface area contributed by atoms with Gasteiger partial charge >= 0.3 is 0 Å². The average molecular weight is 283 g/mol. The molecule has 1 atom stereocenters. The Morgan fingerprint density at radius 1 is 1.19 bits per heavy atom. The van der Waals surface area contributed by atoms with Gasteiger partial charge in [-0.3, -0.25) is 0 Å². The number of hydrogen-bond acceptors (Lipinski definition) is 2. The lowest BCUT2D eigenvalue weighted by atomic mass is 9.79. The monoisotopic (exact) mass is 283 g/mol. The summed E-state index contributed by atoms with van der Waals surface area (Å²) in [4.78, 5) is 0. The summed E-state index contributed by atoms with van der Waals surface area (Å²) < 4.78 is 5.50. The predicted molar refractivity (Wildman–Crippen MR) is 86.6 cm³/mol. The van der Waals surface area contributed by atoms with Crippen molar-refractivity contribution >= 4 is 0 Å². The molecule has 0 saturated heterocycles. The Morgan fingerprint density at radius 3 is 2.48 bits per heavy atom. The van der Waals surface area contributed by atoms with Gasteiger partial charge in [-0.1, -0.05) is 37.6 Å². The molecule has 2 aromatic rings. The van der Waals surface area contributed by atoms with E-state index < -0.39 is 0 Å². The van der Waals surface area contributed by atoms with Crippen LogP contribution in [0.3, 0.4) is 0 Å². The van der Waals surface area contributed by atoms with Gasteiger partial charge in [0.05, 0.1) is 12.3 Å². The number of furan rings is 1. The third-order valence-corrected chi connectivity index (χ3v) is 4.53. The molecule has 1 aromatic heterocycles. The van der Waals surface area contributed by atoms with Crippen molar-refractivity contribution in [1.82, 2.24) is 5.32 Å². The molecule has 0 bridgehead atoms. The minimum Gasteiger partial charge on any atom is -0.469 e. The van der Waals surface area contributed by atoms with Crippen LogP contribution in [0.15, 0.2) is 41.0 Å². The fraction of sp³-hybridized carbons (Fsp3) is 0.474. The Kier molecular flexibility index (Phi) is 4.45. The standard InChI is InChI=1S/C19H25NO/c1-3-11-20-19(18-12-14(2)21-13-18)17-9-7-16(8-10-17)15-5-4-6-15/h7-10,12-13,15,19-20H,3-6,11H2,1-2H3. The molecular weight excluding hydrogens is 258 g/mol. The molecule has 0 radical (unpaired) electrons. The van der Waals surface area contributed by atoms with Crippen LogP contribution in [0.25, 0.3) is 0 Å². The van der Waals surface area contributed by atoms with Gasteiger partial charge in [-0.25, -0.2) is 0 Å². The van der Waals surface area contributed by atoms with Gasteiger partial charge in [0.1, 0.15) is 5.76 Å². The van der Waals surface area contributed by atoms with Crippen molar-refractivity contribution < 1.29 is 4.42 Å². The molecule has 1 unspecified atom stereocenters. The largest absolute Gasteiger partial charge is 0.469 e. The van der Waals surface area contributed by atoms with E-state index in [0.717, 1.165) is 24.6 Å². The highest BCUT2D eigenvalue weighted by atomic mass is 16.3. The summed E-state index contributed by atoms with van der Waals surface area (Å²) in [7, 11) is 0. The van der Waals surface area contributed by atoms with Crippen LogP contribution in [0.4, 0.5) is 0 Å². The van der Waals surface area contributed by atoms with Crippen LogP contribution >= 0.6 is 0 Å². The van der Waals surface area contributed by atoms with Crippen LogP contribution in [0.5, 0.6) is 0 Å². The van der Waals surface area contributed by atoms with E-state index in [1.165, 1.54) is 36.0 Å². The zero-order valence-electron chi connectivity index (χ0n) is 13.1. The van der Waals surface area contributed by atoms with Crippen molar-refractivity contribution in [2.24, 2.45) is 0 Å². The Labute approximate surface area is 127 Å². The molecule has 0 aliphatic heterocycles. The lowest BCUT2D eigenvalue weighted by molar-refractivity contribution is 0.419. The molecule has 1 fully saturated rings. The second kappa shape index (κ2) is 6.48. The van der Waals surface area contributed by atoms with Crippen LogP contribution in [0.1, 0.15) is 67.0 Å². The third-order valence-electron chi connectivity index (χ3n) is 4.53. The van der Waals surface area contributed by atoms with Crippen LogP contribution in [-0.4, -0.2) is 6.54 Å². The predicted octanol–water partition coefficient (Wildman–Crippen LogP) is 4.94. The zero-order valence-corrected chi connectivity index (χ0v) is 13.1. The molecule has 112 valence electrons. The lowest BCUT2D eigenvalue weighted by Gasteiger charge is -2.26. The molecular formula is C19H25NO. The van der Waals surface area contributed by atoms with E-state index in [-0.39, 0.29) is 6.04 Å². The maximum atomic E-state index is 5.50. The quantitative estimate of drug-likeness (QED) is 0.812. The van der Waals surface area contributed by atoms with E-state index in [1.807, 2.05) is 13.2 Å². The summed E-state index contributed by atoms with van der Waals surface area (Å²) in [6, 6.07) is 11.6. The van der Waals surface area contributed by atoms with Gasteiger partial charge in [-0.05, 0) is 55.8 Å². The van der Waals surface area contributed by atoms with Crippen molar-refractivity contribution in [2.45, 2.75) is 51.5 Å². The lowest BCUT2D eigenvalue weighted by Crippen LogP contribution is -2.22. The van der Waals surface area contributed by atoms with Crippen LogP contribution in [0.2, 0.25) is 0 Å². The Morgan fingerprint density at radius 2 is 1.95 bits per heavy atom. The van der Waals surface area contributed by atoms with Crippen molar-refractivity contribution in [1.29, 1.82) is 0 Å². The number of nitrogens with one attached hydrogen (secondary N) is 1. The van der Waals surface area contributed by atoms with Crippen LogP contribution < -0.4 is 5.32 Å². The van der Waals surface area contributed by atoms with Crippen molar-refractivity contribution in [3.63, 3.8) is 0 Å². The summed E-state index contributed by atoms with van der Waals surface area (Å²) >= 11 is 0. The van der Waals surface area contributed by atoms with Crippen molar-refractivity contribution in [3.05, 3.63) is 59.0 Å². The summed E-state index contributed by atoms with van der Waals surface area (Å²) in [6.07, 6.45) is 7.12. The first-order valence-corrected chi connectivity index (χ1v) is 8.16. The van der Waals surface area contributed by atoms with Gasteiger partial charge in [0.25, 0.3) is 0 Å². The van der Waals surface area contributed by atoms with Gasteiger partial charge in [0.2, 0.25) is 0 Å². The first-order chi connectivity index (χ1) is 10.3. The fourth-order valence-electron chi connectivity index (χ4n) is 3.03. The van der Waals surface area contributed by atoms with E-state index in [2.05, 4.69) is 42.6 Å². The summed E-state index contributed by atoms with van der Waals surface area (Å²) in [5, 5.41) is 3.63. The normalized spacial score (nSPS) is 16.7. The fourth-order valence-corrected chi connectivity index (χ4v) is 3.03. The average Bonchev–Trinajstić information content (AvgIpc) is 2.85. The summed E-state index contributed by atoms with van der Waals surface area (Å²) in [5.74, 6) is 1.77. The molecule has 1 aliphatic rings. The number of aryl methyl sites for hydroxylation is 1. The second-order valence-corrected chi connectivity index (χ2v) is 6.17. The Balaban J connectivity index is 1.81. The van der Waals surface area contributed by atoms with Crippen molar-refractivity contribution in [2.75, 3.05) is 6.54 Å². The maximum absolute atomic E-state index is 5.50. The highest BCUT2D eigenvalue weighted by Gasteiger charge is 2.20. The molecule has 1 saturated carbocycles. The van der Waals surface area contributed by atoms with Crippen molar-refractivity contribution in [3.8, 4) is 0 Å². The van der Waals surface area contributed by atoms with Crippen LogP contribution in [-0.2, 0) is 0 Å². The first-order valence-electron chi connectivity index (χ1n) is 8.16. The van der Waals surface area contributed by atoms with E-state index in [1.54, 1.807) is 0 Å². The van der Waals surface area contributed by atoms with Gasteiger partial charge in [-0.2, -0.15) is 0 Å². The molecule has 3 rings (SSSR count). The molecule has 2 heteroatoms. The Bertz CT molecular complexity index is 566. The molecule has 21 heavy (non-hydrogen) atoms. The molecule has 1 N–H and O–H groups in total. The SMILES string of the molecule is CCCNC(c1ccc(C2CCC2)cc1)c1coc(C)c1. The third kappa shape index (κ3) is 3.21. The number of benzene rings is 1. The zero-order chi connectivity index (χ0) is 14.7. The van der Waals surface area contributed by atoms with E-state index in [9.17, 15) is 0 Å². The highest BCUT2D eigenvalue weighted by Crippen LogP contribution is 2.36. The summed E-state index contributed by atoms with van der Waals surface area (Å²) in [6.45, 7) is 5.21. The van der Waals surface area contributed by atoms with Gasteiger partial charge in [-0.15, -0.1) is 0 Å². The van der Waals surface area contributed by atoms with E-state index >= 15 is 0 Å². The van der Waals surface area contributed by atoms with E-state index in [0.29, 0.717) is 0 Å². The minimum atomic E-state index is 0.234. The number of rotatable bonds is 6. The first kappa shape index (κ1) is 14.4.